The van der Waals surface area contributed by atoms with Crippen molar-refractivity contribution in [2.24, 2.45) is 5.92 Å². The minimum atomic E-state index is 0.765. The van der Waals surface area contributed by atoms with Crippen LogP contribution >= 0.6 is 11.8 Å². The molecule has 0 aliphatic heterocycles. The molecule has 3 heteroatoms. The summed E-state index contributed by atoms with van der Waals surface area (Å²) in [4.78, 5) is 0. The van der Waals surface area contributed by atoms with Gasteiger partial charge in [0.05, 0.1) is 6.61 Å². The molecule has 0 radical (unpaired) electrons. The highest BCUT2D eigenvalue weighted by Gasteiger charge is 1.98. The molecule has 0 aromatic rings. The number of hydrogen-bond acceptors (Lipinski definition) is 3. The van der Waals surface area contributed by atoms with E-state index >= 15 is 0 Å². The van der Waals surface area contributed by atoms with Gasteiger partial charge in [0.25, 0.3) is 0 Å². The highest BCUT2D eigenvalue weighted by Crippen LogP contribution is 2.01. The van der Waals surface area contributed by atoms with Crippen LogP contribution in [-0.4, -0.2) is 38.3 Å². The predicted molar refractivity (Wildman–Crippen MR) is 56.9 cm³/mol. The van der Waals surface area contributed by atoms with Crippen LogP contribution in [-0.2, 0) is 4.74 Å². The lowest BCUT2D eigenvalue weighted by Gasteiger charge is -2.10. The Morgan fingerprint density at radius 3 is 2.83 bits per heavy atom. The standard InChI is InChI=1S/C9H21NOS/c1-4-11-6-5-10-7-9(2)8-12-3/h9-10H,4-8H2,1-3H3. The van der Waals surface area contributed by atoms with Crippen LogP contribution in [0.15, 0.2) is 0 Å². The number of hydrogen-bond donors (Lipinski definition) is 1. The fourth-order valence-corrected chi connectivity index (χ4v) is 1.67. The Hall–Kier alpha value is 0.270. The summed E-state index contributed by atoms with van der Waals surface area (Å²) in [7, 11) is 0. The SMILES string of the molecule is CCOCCNCC(C)CSC. The van der Waals surface area contributed by atoms with Crippen molar-refractivity contribution < 1.29 is 4.74 Å². The first-order valence-corrected chi connectivity index (χ1v) is 5.98. The van der Waals surface area contributed by atoms with Crippen molar-refractivity contribution in [2.75, 3.05) is 38.3 Å². The monoisotopic (exact) mass is 191 g/mol. The molecular formula is C9H21NOS. The molecular weight excluding hydrogens is 170 g/mol. The Morgan fingerprint density at radius 1 is 1.50 bits per heavy atom. The smallest absolute Gasteiger partial charge is 0.0590 e. The first kappa shape index (κ1) is 12.3. The second-order valence-corrected chi connectivity index (χ2v) is 3.87. The molecule has 0 saturated carbocycles. The Kier molecular flexibility index (Phi) is 9.57. The van der Waals surface area contributed by atoms with Crippen molar-refractivity contribution in [3.8, 4) is 0 Å². The van der Waals surface area contributed by atoms with Crippen LogP contribution in [0.2, 0.25) is 0 Å². The maximum Gasteiger partial charge on any atom is 0.0590 e. The molecule has 0 saturated heterocycles. The van der Waals surface area contributed by atoms with Gasteiger partial charge in [0.15, 0.2) is 0 Å². The average molecular weight is 191 g/mol. The molecule has 1 unspecified atom stereocenters. The number of rotatable bonds is 8. The quantitative estimate of drug-likeness (QED) is 0.589. The summed E-state index contributed by atoms with van der Waals surface area (Å²) in [6, 6.07) is 0. The van der Waals surface area contributed by atoms with Gasteiger partial charge in [-0.15, -0.1) is 0 Å². The van der Waals surface area contributed by atoms with Gasteiger partial charge in [0.2, 0.25) is 0 Å². The summed E-state index contributed by atoms with van der Waals surface area (Å²) >= 11 is 1.91. The zero-order valence-corrected chi connectivity index (χ0v) is 9.25. The normalized spacial score (nSPS) is 13.2. The largest absolute Gasteiger partial charge is 0.380 e. The van der Waals surface area contributed by atoms with E-state index in [2.05, 4.69) is 18.5 Å². The molecule has 0 heterocycles. The summed E-state index contributed by atoms with van der Waals surface area (Å²) in [5.41, 5.74) is 0. The van der Waals surface area contributed by atoms with Gasteiger partial charge in [-0.2, -0.15) is 11.8 Å². The Balaban J connectivity index is 2.97. The van der Waals surface area contributed by atoms with Crippen LogP contribution in [0, 0.1) is 5.92 Å². The second kappa shape index (κ2) is 9.36. The van der Waals surface area contributed by atoms with Gasteiger partial charge in [0.1, 0.15) is 0 Å². The number of nitrogens with one attached hydrogen (secondary N) is 1. The van der Waals surface area contributed by atoms with Crippen LogP contribution < -0.4 is 5.32 Å². The summed E-state index contributed by atoms with van der Waals surface area (Å²) in [5, 5.41) is 3.37. The van der Waals surface area contributed by atoms with Crippen LogP contribution in [0.3, 0.4) is 0 Å². The highest BCUT2D eigenvalue weighted by molar-refractivity contribution is 7.98. The van der Waals surface area contributed by atoms with E-state index in [0.29, 0.717) is 0 Å². The van der Waals surface area contributed by atoms with Gasteiger partial charge in [0, 0.05) is 13.2 Å². The Labute approximate surface area is 80.4 Å². The molecule has 1 atom stereocenters. The van der Waals surface area contributed by atoms with Crippen LogP contribution in [0.1, 0.15) is 13.8 Å². The minimum Gasteiger partial charge on any atom is -0.380 e. The van der Waals surface area contributed by atoms with E-state index in [1.807, 2.05) is 18.7 Å². The third kappa shape index (κ3) is 8.37. The summed E-state index contributed by atoms with van der Waals surface area (Å²) in [5.74, 6) is 2.00. The molecule has 2 nitrogen and oxygen atoms in total. The molecule has 0 aliphatic carbocycles. The van der Waals surface area contributed by atoms with Gasteiger partial charge in [-0.1, -0.05) is 6.92 Å². The summed E-state index contributed by atoms with van der Waals surface area (Å²) in [6.45, 7) is 8.03. The van der Waals surface area contributed by atoms with Crippen molar-refractivity contribution in [1.29, 1.82) is 0 Å². The van der Waals surface area contributed by atoms with E-state index in [1.165, 1.54) is 5.75 Å². The third-order valence-corrected chi connectivity index (χ3v) is 2.47. The van der Waals surface area contributed by atoms with Crippen LogP contribution in [0.4, 0.5) is 0 Å². The molecule has 0 aromatic carbocycles. The van der Waals surface area contributed by atoms with Crippen molar-refractivity contribution in [2.45, 2.75) is 13.8 Å². The van der Waals surface area contributed by atoms with E-state index < -0.39 is 0 Å². The van der Waals surface area contributed by atoms with Crippen LogP contribution in [0.25, 0.3) is 0 Å². The van der Waals surface area contributed by atoms with E-state index in [4.69, 9.17) is 4.74 Å². The predicted octanol–water partition coefficient (Wildman–Crippen LogP) is 1.61. The molecule has 0 fully saturated rings. The first-order valence-electron chi connectivity index (χ1n) is 4.58. The Bertz CT molecular complexity index is 90.6. The zero-order chi connectivity index (χ0) is 9.23. The van der Waals surface area contributed by atoms with Crippen LogP contribution in [0.5, 0.6) is 0 Å². The van der Waals surface area contributed by atoms with Crippen molar-refractivity contribution >= 4 is 11.8 Å². The fraction of sp³-hybridized carbons (Fsp3) is 1.00. The summed E-state index contributed by atoms with van der Waals surface area (Å²) in [6.07, 6.45) is 2.15. The van der Waals surface area contributed by atoms with Gasteiger partial charge in [-0.3, -0.25) is 0 Å². The molecule has 0 bridgehead atoms. The summed E-state index contributed by atoms with van der Waals surface area (Å²) < 4.78 is 5.21. The lowest BCUT2D eigenvalue weighted by atomic mass is 10.2. The maximum absolute atomic E-state index is 5.21. The van der Waals surface area contributed by atoms with E-state index in [9.17, 15) is 0 Å². The first-order chi connectivity index (χ1) is 5.81. The second-order valence-electron chi connectivity index (χ2n) is 2.96. The average Bonchev–Trinajstić information content (AvgIpc) is 2.05. The minimum absolute atomic E-state index is 0.765. The topological polar surface area (TPSA) is 21.3 Å². The molecule has 74 valence electrons. The fourth-order valence-electron chi connectivity index (χ4n) is 0.981. The third-order valence-electron chi connectivity index (χ3n) is 1.57. The van der Waals surface area contributed by atoms with Gasteiger partial charge in [-0.05, 0) is 31.4 Å². The molecule has 0 aliphatic rings. The van der Waals surface area contributed by atoms with Gasteiger partial charge < -0.3 is 10.1 Å². The Morgan fingerprint density at radius 2 is 2.25 bits per heavy atom. The van der Waals surface area contributed by atoms with E-state index in [-0.39, 0.29) is 0 Å². The number of ether oxygens (including phenoxy) is 1. The van der Waals surface area contributed by atoms with Crippen molar-refractivity contribution in [3.63, 3.8) is 0 Å². The molecule has 1 N–H and O–H groups in total. The molecule has 0 rings (SSSR count). The van der Waals surface area contributed by atoms with Crippen molar-refractivity contribution in [1.82, 2.24) is 5.32 Å². The lowest BCUT2D eigenvalue weighted by Crippen LogP contribution is -2.26. The molecule has 0 amide bonds. The zero-order valence-electron chi connectivity index (χ0n) is 8.43. The molecule has 0 aromatic heterocycles. The van der Waals surface area contributed by atoms with Gasteiger partial charge >= 0.3 is 0 Å². The van der Waals surface area contributed by atoms with Crippen molar-refractivity contribution in [3.05, 3.63) is 0 Å². The van der Waals surface area contributed by atoms with Gasteiger partial charge in [-0.25, -0.2) is 0 Å². The molecule has 12 heavy (non-hydrogen) atoms. The number of thioether (sulfide) groups is 1. The maximum atomic E-state index is 5.21. The molecule has 0 spiro atoms. The van der Waals surface area contributed by atoms with E-state index in [1.54, 1.807) is 0 Å². The highest BCUT2D eigenvalue weighted by atomic mass is 32.2. The van der Waals surface area contributed by atoms with E-state index in [0.717, 1.165) is 32.2 Å². The lowest BCUT2D eigenvalue weighted by molar-refractivity contribution is 0.148.